The Morgan fingerprint density at radius 2 is 1.27 bits per heavy atom. The van der Waals surface area contributed by atoms with Crippen molar-refractivity contribution in [2.24, 2.45) is 0 Å². The van der Waals surface area contributed by atoms with Gasteiger partial charge >= 0.3 is 76.6 Å². The van der Waals surface area contributed by atoms with E-state index in [0.29, 0.717) is 4.25 Å². The second-order valence-electron chi connectivity index (χ2n) is 4.35. The van der Waals surface area contributed by atoms with Crippen molar-refractivity contribution in [2.45, 2.75) is 62.2 Å². The summed E-state index contributed by atoms with van der Waals surface area (Å²) in [5.41, 5.74) is 0. The Morgan fingerprint density at radius 1 is 0.909 bits per heavy atom. The van der Waals surface area contributed by atoms with Crippen molar-refractivity contribution in [2.75, 3.05) is 0 Å². The average Bonchev–Trinajstić information content (AvgIpc) is 1.85. The summed E-state index contributed by atoms with van der Waals surface area (Å²) in [4.78, 5) is 0. The van der Waals surface area contributed by atoms with E-state index in [4.69, 9.17) is 0 Å². The SMILES string of the molecule is CC[CH2][Ge]([CH2]CC)[C](C)(C)C. The van der Waals surface area contributed by atoms with Gasteiger partial charge in [-0.2, -0.15) is 0 Å². The molecule has 0 aromatic heterocycles. The van der Waals surface area contributed by atoms with Crippen LogP contribution in [0.5, 0.6) is 0 Å². The van der Waals surface area contributed by atoms with Crippen LogP contribution in [0.1, 0.15) is 47.5 Å². The Hall–Kier alpha value is 0.543. The van der Waals surface area contributed by atoms with Crippen LogP contribution in [0.25, 0.3) is 0 Å². The van der Waals surface area contributed by atoms with Crippen LogP contribution in [-0.2, 0) is 0 Å². The van der Waals surface area contributed by atoms with Crippen LogP contribution in [0, 0.1) is 0 Å². The van der Waals surface area contributed by atoms with Crippen molar-refractivity contribution < 1.29 is 0 Å². The first-order valence-electron chi connectivity index (χ1n) is 4.87. The summed E-state index contributed by atoms with van der Waals surface area (Å²) in [5.74, 6) is 0. The van der Waals surface area contributed by atoms with Gasteiger partial charge in [-0.3, -0.25) is 0 Å². The monoisotopic (exact) mass is 217 g/mol. The second kappa shape index (κ2) is 5.23. The molecule has 1 heteroatoms. The topological polar surface area (TPSA) is 0 Å². The second-order valence-corrected chi connectivity index (χ2v) is 12.1. The van der Waals surface area contributed by atoms with Crippen molar-refractivity contribution in [3.63, 3.8) is 0 Å². The van der Waals surface area contributed by atoms with E-state index in [1.54, 1.807) is 10.5 Å². The number of hydrogen-bond acceptors (Lipinski definition) is 0. The van der Waals surface area contributed by atoms with Crippen molar-refractivity contribution in [1.29, 1.82) is 0 Å². The van der Waals surface area contributed by atoms with E-state index in [1.165, 1.54) is 12.8 Å². The summed E-state index contributed by atoms with van der Waals surface area (Å²) in [6.07, 6.45) is 2.82. The fraction of sp³-hybridized carbons (Fsp3) is 1.00. The Bertz CT molecular complexity index is 85.5. The van der Waals surface area contributed by atoms with E-state index < -0.39 is 14.3 Å². The molecule has 0 aliphatic carbocycles. The summed E-state index contributed by atoms with van der Waals surface area (Å²) in [6, 6.07) is 0. The zero-order valence-corrected chi connectivity index (χ0v) is 10.9. The third-order valence-corrected chi connectivity index (χ3v) is 11.2. The van der Waals surface area contributed by atoms with E-state index in [0.717, 1.165) is 0 Å². The van der Waals surface area contributed by atoms with Crippen molar-refractivity contribution in [1.82, 2.24) is 0 Å². The molecule has 0 aromatic rings. The first kappa shape index (κ1) is 11.5. The minimum atomic E-state index is -0.692. The van der Waals surface area contributed by atoms with Gasteiger partial charge in [0.15, 0.2) is 0 Å². The maximum absolute atomic E-state index is 2.44. The van der Waals surface area contributed by atoms with Gasteiger partial charge in [-0.1, -0.05) is 0 Å². The molecule has 11 heavy (non-hydrogen) atoms. The first-order valence-corrected chi connectivity index (χ1v) is 8.89. The molecular weight excluding hydrogens is 193 g/mol. The van der Waals surface area contributed by atoms with Gasteiger partial charge in [0.05, 0.1) is 0 Å². The minimum absolute atomic E-state index is 0.687. The van der Waals surface area contributed by atoms with Gasteiger partial charge in [0, 0.05) is 0 Å². The van der Waals surface area contributed by atoms with Crippen molar-refractivity contribution in [3.8, 4) is 0 Å². The summed E-state index contributed by atoms with van der Waals surface area (Å²) in [7, 11) is 0. The molecule has 0 nitrogen and oxygen atoms in total. The molecule has 0 atom stereocenters. The van der Waals surface area contributed by atoms with Crippen LogP contribution >= 0.6 is 0 Å². The third-order valence-electron chi connectivity index (χ3n) is 2.16. The van der Waals surface area contributed by atoms with E-state index in [2.05, 4.69) is 34.6 Å². The molecule has 1 radical (unpaired) electrons. The molecule has 0 fully saturated rings. The molecule has 0 saturated carbocycles. The summed E-state index contributed by atoms with van der Waals surface area (Å²) in [5, 5.41) is 3.13. The average molecular weight is 216 g/mol. The zero-order valence-electron chi connectivity index (χ0n) is 8.83. The summed E-state index contributed by atoms with van der Waals surface area (Å²) in [6.45, 7) is 12.0. The molecule has 0 saturated heterocycles. The molecular formula is C10H23Ge. The quantitative estimate of drug-likeness (QED) is 0.620. The molecule has 0 aliphatic heterocycles. The van der Waals surface area contributed by atoms with E-state index in [1.807, 2.05) is 0 Å². The van der Waals surface area contributed by atoms with E-state index in [-0.39, 0.29) is 0 Å². The fourth-order valence-electron chi connectivity index (χ4n) is 1.48. The molecule has 0 heterocycles. The first-order chi connectivity index (χ1) is 5.02. The molecule has 0 aliphatic rings. The molecule has 0 amide bonds. The molecule has 0 unspecified atom stereocenters. The van der Waals surface area contributed by atoms with Crippen LogP contribution in [0.3, 0.4) is 0 Å². The Kier molecular flexibility index (Phi) is 5.49. The van der Waals surface area contributed by atoms with Gasteiger partial charge < -0.3 is 0 Å². The zero-order chi connectivity index (χ0) is 8.91. The van der Waals surface area contributed by atoms with Crippen molar-refractivity contribution >= 4 is 14.3 Å². The Balaban J connectivity index is 3.88. The molecule has 0 bridgehead atoms. The van der Waals surface area contributed by atoms with Gasteiger partial charge in [-0.15, -0.1) is 0 Å². The number of hydrogen-bond donors (Lipinski definition) is 0. The summed E-state index contributed by atoms with van der Waals surface area (Å²) < 4.78 is 0.687. The van der Waals surface area contributed by atoms with Gasteiger partial charge in [0.1, 0.15) is 0 Å². The maximum atomic E-state index is 2.44. The predicted molar refractivity (Wildman–Crippen MR) is 55.7 cm³/mol. The van der Waals surface area contributed by atoms with E-state index >= 15 is 0 Å². The van der Waals surface area contributed by atoms with Crippen LogP contribution in [0.2, 0.25) is 14.8 Å². The van der Waals surface area contributed by atoms with Crippen LogP contribution in [0.15, 0.2) is 0 Å². The van der Waals surface area contributed by atoms with Gasteiger partial charge in [-0.25, -0.2) is 0 Å². The molecule has 0 N–H and O–H groups in total. The van der Waals surface area contributed by atoms with Crippen molar-refractivity contribution in [3.05, 3.63) is 0 Å². The molecule has 0 rings (SSSR count). The molecule has 67 valence electrons. The van der Waals surface area contributed by atoms with Gasteiger partial charge in [0.25, 0.3) is 0 Å². The Morgan fingerprint density at radius 3 is 1.45 bits per heavy atom. The van der Waals surface area contributed by atoms with Crippen LogP contribution < -0.4 is 0 Å². The molecule has 0 aromatic carbocycles. The predicted octanol–water partition coefficient (Wildman–Crippen LogP) is 4.10. The van der Waals surface area contributed by atoms with Crippen LogP contribution in [-0.4, -0.2) is 14.3 Å². The standard InChI is InChI=1S/C10H23Ge/c1-6-8-11(9-7-2)10(3,4)5/h6-9H2,1-5H3. The van der Waals surface area contributed by atoms with E-state index in [9.17, 15) is 0 Å². The third kappa shape index (κ3) is 4.89. The normalized spacial score (nSPS) is 12.5. The molecule has 0 spiro atoms. The Labute approximate surface area is 76.9 Å². The summed E-state index contributed by atoms with van der Waals surface area (Å²) >= 11 is -0.692. The van der Waals surface area contributed by atoms with Gasteiger partial charge in [0.2, 0.25) is 0 Å². The fourth-order valence-corrected chi connectivity index (χ4v) is 7.68. The number of rotatable bonds is 4. The van der Waals surface area contributed by atoms with Crippen LogP contribution in [0.4, 0.5) is 0 Å². The van der Waals surface area contributed by atoms with Gasteiger partial charge in [-0.05, 0) is 0 Å².